The fraction of sp³-hybridized carbons (Fsp3) is 0.167. The molecule has 0 N–H and O–H groups in total. The molecule has 4 nitrogen and oxygen atoms in total. The Balaban J connectivity index is 3.34. The van der Waals surface area contributed by atoms with Gasteiger partial charge in [-0.2, -0.15) is 0 Å². The van der Waals surface area contributed by atoms with Crippen LogP contribution in [0.4, 0.5) is 14.6 Å². The van der Waals surface area contributed by atoms with Gasteiger partial charge in [0.1, 0.15) is 11.8 Å². The first kappa shape index (κ1) is 10.2. The van der Waals surface area contributed by atoms with Gasteiger partial charge in [-0.05, 0) is 38.6 Å². The molecule has 0 bridgehead atoms. The molecular formula is C6H3F2IN2O2. The zero-order valence-electron chi connectivity index (χ0n) is 6.08. The van der Waals surface area contributed by atoms with Crippen LogP contribution >= 0.6 is 22.6 Å². The maximum atomic E-state index is 12.3. The summed E-state index contributed by atoms with van der Waals surface area (Å²) in [5, 5.41) is 10.3. The number of halogens is 3. The lowest BCUT2D eigenvalue weighted by atomic mass is 10.3. The summed E-state index contributed by atoms with van der Waals surface area (Å²) in [4.78, 5) is 12.6. The van der Waals surface area contributed by atoms with Crippen molar-refractivity contribution >= 4 is 28.4 Å². The van der Waals surface area contributed by atoms with Gasteiger partial charge in [-0.1, -0.05) is 0 Å². The largest absolute Gasteiger partial charge is 0.373 e. The number of nitro groups is 1. The van der Waals surface area contributed by atoms with E-state index < -0.39 is 22.7 Å². The number of hydrogen-bond acceptors (Lipinski definition) is 3. The van der Waals surface area contributed by atoms with Gasteiger partial charge >= 0.3 is 5.82 Å². The maximum absolute atomic E-state index is 12.3. The lowest BCUT2D eigenvalue weighted by molar-refractivity contribution is -0.391. The van der Waals surface area contributed by atoms with Crippen molar-refractivity contribution in [3.05, 3.63) is 31.5 Å². The van der Waals surface area contributed by atoms with E-state index in [9.17, 15) is 18.9 Å². The highest BCUT2D eigenvalue weighted by Gasteiger charge is 2.25. The van der Waals surface area contributed by atoms with Crippen LogP contribution in [-0.4, -0.2) is 9.91 Å². The van der Waals surface area contributed by atoms with E-state index in [0.717, 1.165) is 6.20 Å². The quantitative estimate of drug-likeness (QED) is 0.479. The van der Waals surface area contributed by atoms with Crippen LogP contribution in [0.25, 0.3) is 0 Å². The first-order chi connectivity index (χ1) is 6.04. The minimum absolute atomic E-state index is 0.148. The molecule has 0 saturated carbocycles. The summed E-state index contributed by atoms with van der Waals surface area (Å²) in [7, 11) is 0. The molecule has 0 aliphatic carbocycles. The van der Waals surface area contributed by atoms with Gasteiger partial charge in [0.05, 0.1) is 0 Å². The maximum Gasteiger partial charge on any atom is 0.373 e. The van der Waals surface area contributed by atoms with Crippen LogP contribution in [0.1, 0.15) is 12.0 Å². The third kappa shape index (κ3) is 2.08. The lowest BCUT2D eigenvalue weighted by Crippen LogP contribution is -2.00. The van der Waals surface area contributed by atoms with Crippen LogP contribution < -0.4 is 0 Å². The minimum atomic E-state index is -2.87. The number of aromatic nitrogens is 1. The average molecular weight is 300 g/mol. The summed E-state index contributed by atoms with van der Waals surface area (Å²) in [6.07, 6.45) is -1.74. The molecule has 0 aromatic carbocycles. The zero-order valence-corrected chi connectivity index (χ0v) is 8.23. The molecule has 0 radical (unpaired) electrons. The Morgan fingerprint density at radius 3 is 2.62 bits per heavy atom. The highest BCUT2D eigenvalue weighted by atomic mass is 127. The van der Waals surface area contributed by atoms with E-state index in [0.29, 0.717) is 0 Å². The number of alkyl halides is 2. The van der Waals surface area contributed by atoms with E-state index in [2.05, 4.69) is 4.98 Å². The van der Waals surface area contributed by atoms with Gasteiger partial charge in [-0.25, -0.2) is 8.78 Å². The monoisotopic (exact) mass is 300 g/mol. The summed E-state index contributed by atoms with van der Waals surface area (Å²) >= 11 is 1.61. The van der Waals surface area contributed by atoms with Gasteiger partial charge in [0.15, 0.2) is 0 Å². The smallest absolute Gasteiger partial charge is 0.358 e. The fourth-order valence-corrected chi connectivity index (χ4v) is 1.42. The van der Waals surface area contributed by atoms with Crippen molar-refractivity contribution < 1.29 is 13.7 Å². The van der Waals surface area contributed by atoms with Crippen LogP contribution in [0.15, 0.2) is 12.3 Å². The molecule has 0 atom stereocenters. The summed E-state index contributed by atoms with van der Waals surface area (Å²) in [5.74, 6) is -0.776. The van der Waals surface area contributed by atoms with Crippen LogP contribution in [0.5, 0.6) is 0 Å². The van der Waals surface area contributed by atoms with Crippen molar-refractivity contribution in [2.45, 2.75) is 6.43 Å². The van der Waals surface area contributed by atoms with Crippen LogP contribution in [0, 0.1) is 13.7 Å². The molecule has 1 aromatic rings. The number of nitrogens with zero attached hydrogens (tertiary/aromatic N) is 2. The van der Waals surface area contributed by atoms with Gasteiger partial charge in [0.2, 0.25) is 0 Å². The summed E-state index contributed by atoms with van der Waals surface area (Å²) in [5.41, 5.74) is -0.617. The first-order valence-electron chi connectivity index (χ1n) is 3.11. The normalized spacial score (nSPS) is 10.5. The van der Waals surface area contributed by atoms with Gasteiger partial charge in [-0.15, -0.1) is 0 Å². The molecule has 0 amide bonds. The Morgan fingerprint density at radius 1 is 1.62 bits per heavy atom. The molecule has 0 aliphatic rings. The van der Waals surface area contributed by atoms with E-state index in [1.807, 2.05) is 0 Å². The molecule has 0 unspecified atom stereocenters. The summed E-state index contributed by atoms with van der Waals surface area (Å²) in [6.45, 7) is 0. The second kappa shape index (κ2) is 3.90. The molecule has 70 valence electrons. The number of hydrogen-bond donors (Lipinski definition) is 0. The predicted octanol–water partition coefficient (Wildman–Crippen LogP) is 2.53. The van der Waals surface area contributed by atoms with E-state index in [-0.39, 0.29) is 3.57 Å². The third-order valence-electron chi connectivity index (χ3n) is 1.31. The standard InChI is InChI=1S/C6H3F2IN2O2/c7-5(8)4-3(9)1-2-10-6(4)11(12)13/h1-2,5H. The molecule has 1 rings (SSSR count). The van der Waals surface area contributed by atoms with Crippen molar-refractivity contribution in [1.82, 2.24) is 4.98 Å². The number of pyridine rings is 1. The zero-order chi connectivity index (χ0) is 10.0. The van der Waals surface area contributed by atoms with Crippen molar-refractivity contribution in [3.8, 4) is 0 Å². The van der Waals surface area contributed by atoms with Crippen molar-refractivity contribution in [2.24, 2.45) is 0 Å². The third-order valence-corrected chi connectivity index (χ3v) is 2.25. The molecule has 0 fully saturated rings. The lowest BCUT2D eigenvalue weighted by Gasteiger charge is -2.02. The Hall–Kier alpha value is -0.860. The van der Waals surface area contributed by atoms with Crippen molar-refractivity contribution in [2.75, 3.05) is 0 Å². The molecule has 0 aliphatic heterocycles. The van der Waals surface area contributed by atoms with Gasteiger partial charge in [0.25, 0.3) is 6.43 Å². The van der Waals surface area contributed by atoms with Gasteiger partial charge in [0, 0.05) is 3.57 Å². The Morgan fingerprint density at radius 2 is 2.23 bits per heavy atom. The van der Waals surface area contributed by atoms with Crippen molar-refractivity contribution in [1.29, 1.82) is 0 Å². The Labute approximate surface area is 85.3 Å². The molecule has 13 heavy (non-hydrogen) atoms. The topological polar surface area (TPSA) is 56.0 Å². The Bertz CT molecular complexity index is 345. The summed E-state index contributed by atoms with van der Waals surface area (Å²) in [6, 6.07) is 1.30. The fourth-order valence-electron chi connectivity index (χ4n) is 0.787. The average Bonchev–Trinajstić information content (AvgIpc) is 2.02. The first-order valence-corrected chi connectivity index (χ1v) is 4.19. The Kier molecular flexibility index (Phi) is 3.07. The molecule has 1 aromatic heterocycles. The SMILES string of the molecule is O=[N+]([O-])c1nccc(I)c1C(F)F. The highest BCUT2D eigenvalue weighted by Crippen LogP contribution is 2.30. The van der Waals surface area contributed by atoms with E-state index in [1.165, 1.54) is 6.07 Å². The number of rotatable bonds is 2. The van der Waals surface area contributed by atoms with Crippen LogP contribution in [-0.2, 0) is 0 Å². The van der Waals surface area contributed by atoms with Crippen LogP contribution in [0.3, 0.4) is 0 Å². The molecular weight excluding hydrogens is 297 g/mol. The summed E-state index contributed by atoms with van der Waals surface area (Å²) < 4.78 is 24.7. The molecule has 7 heteroatoms. The van der Waals surface area contributed by atoms with E-state index >= 15 is 0 Å². The molecule has 0 spiro atoms. The highest BCUT2D eigenvalue weighted by molar-refractivity contribution is 14.1. The molecule has 1 heterocycles. The van der Waals surface area contributed by atoms with E-state index in [4.69, 9.17) is 0 Å². The molecule has 0 saturated heterocycles. The van der Waals surface area contributed by atoms with Gasteiger partial charge in [-0.3, -0.25) is 0 Å². The van der Waals surface area contributed by atoms with E-state index in [1.54, 1.807) is 22.6 Å². The predicted molar refractivity (Wildman–Crippen MR) is 48.6 cm³/mol. The minimum Gasteiger partial charge on any atom is -0.358 e. The van der Waals surface area contributed by atoms with Gasteiger partial charge < -0.3 is 10.1 Å². The second-order valence-corrected chi connectivity index (χ2v) is 3.25. The van der Waals surface area contributed by atoms with Crippen LogP contribution in [0.2, 0.25) is 0 Å². The van der Waals surface area contributed by atoms with Crippen molar-refractivity contribution in [3.63, 3.8) is 0 Å². The second-order valence-electron chi connectivity index (χ2n) is 2.09.